The van der Waals surface area contributed by atoms with E-state index < -0.39 is 0 Å². The minimum Gasteiger partial charge on any atom is -0.465 e. The Kier molecular flexibility index (Phi) is 7.17. The van der Waals surface area contributed by atoms with E-state index in [2.05, 4.69) is 182 Å². The highest BCUT2D eigenvalue weighted by molar-refractivity contribution is 7.03. The smallest absolute Gasteiger partial charge is 0.254 e. The second kappa shape index (κ2) is 11.9. The largest absolute Gasteiger partial charge is 0.465 e. The van der Waals surface area contributed by atoms with Gasteiger partial charge in [0.1, 0.15) is 5.58 Å². The zero-order valence-corrected chi connectivity index (χ0v) is 28.6. The highest BCUT2D eigenvalue weighted by Crippen LogP contribution is 2.47. The molecule has 0 saturated carbocycles. The van der Waals surface area contributed by atoms with E-state index in [9.17, 15) is 0 Å². The van der Waals surface area contributed by atoms with Crippen molar-refractivity contribution in [2.75, 3.05) is 15.5 Å². The number of allylic oxidation sites excluding steroid dienone is 1. The lowest BCUT2D eigenvalue weighted by Gasteiger charge is -2.39. The van der Waals surface area contributed by atoms with Crippen molar-refractivity contribution in [2.45, 2.75) is 32.6 Å². The van der Waals surface area contributed by atoms with Crippen molar-refractivity contribution in [2.24, 2.45) is 0 Å². The molecule has 2 N–H and O–H groups in total. The summed E-state index contributed by atoms with van der Waals surface area (Å²) >= 11 is 0. The summed E-state index contributed by atoms with van der Waals surface area (Å²) in [6, 6.07) is 52.2. The quantitative estimate of drug-likeness (QED) is 0.176. The molecule has 2 heterocycles. The van der Waals surface area contributed by atoms with Gasteiger partial charge in [-0.05, 0) is 93.1 Å². The van der Waals surface area contributed by atoms with E-state index >= 15 is 0 Å². The molecule has 4 nitrogen and oxygen atoms in total. The Morgan fingerprint density at radius 2 is 1.36 bits per heavy atom. The first-order valence-corrected chi connectivity index (χ1v) is 17.4. The molecule has 0 atom stereocenters. The predicted octanol–water partition coefficient (Wildman–Crippen LogP) is 10.5. The van der Waals surface area contributed by atoms with Crippen LogP contribution in [0.1, 0.15) is 37.5 Å². The first-order valence-electron chi connectivity index (χ1n) is 17.4. The molecule has 6 aromatic carbocycles. The summed E-state index contributed by atoms with van der Waals surface area (Å²) in [5, 5.41) is 8.73. The molecule has 0 saturated heterocycles. The highest BCUT2D eigenvalue weighted by Gasteiger charge is 2.44. The molecule has 50 heavy (non-hydrogen) atoms. The standard InChI is InChI=1S/C45H38BN3O/c1-45(2,3)32-21-23-36(24-22-32)49-40-27-31-13-10-11-19-37(31)42(40)46(38-20-12-14-30-25-26-50-44(30)38)43-39(48-34-17-8-5-9-18-34)28-35(29-41(43)49)47-33-15-6-4-7-16-33/h4-26,28-29,47-48H,27H2,1-3H3. The SMILES string of the molecule is CC(C)(C)c1ccc(N2C3=C(B(c4cccc5ccoc45)c4c(Nc5ccccc5)cc(Nc5ccccc5)cc42)c2ccccc2C3)cc1. The molecular weight excluding hydrogens is 609 g/mol. The summed E-state index contributed by atoms with van der Waals surface area (Å²) < 4.78 is 6.30. The fraction of sp³-hybridized carbons (Fsp3) is 0.111. The molecule has 5 heteroatoms. The Hall–Kier alpha value is -5.94. The zero-order chi connectivity index (χ0) is 33.8. The van der Waals surface area contributed by atoms with E-state index in [0.717, 1.165) is 51.5 Å². The van der Waals surface area contributed by atoms with E-state index in [1.54, 1.807) is 0 Å². The number of anilines is 6. The van der Waals surface area contributed by atoms with E-state index in [1.807, 2.05) is 6.26 Å². The molecule has 1 aliphatic carbocycles. The highest BCUT2D eigenvalue weighted by atomic mass is 16.3. The Morgan fingerprint density at radius 1 is 0.660 bits per heavy atom. The van der Waals surface area contributed by atoms with Gasteiger partial charge in [-0.25, -0.2) is 0 Å². The zero-order valence-electron chi connectivity index (χ0n) is 28.6. The van der Waals surface area contributed by atoms with Crippen molar-refractivity contribution in [3.8, 4) is 0 Å². The number of nitrogens with one attached hydrogen (secondary N) is 2. The van der Waals surface area contributed by atoms with Crippen molar-refractivity contribution < 1.29 is 4.42 Å². The van der Waals surface area contributed by atoms with E-state index in [0.29, 0.717) is 0 Å². The van der Waals surface area contributed by atoms with Crippen LogP contribution in [0, 0.1) is 0 Å². The maximum atomic E-state index is 6.30. The number of para-hydroxylation sites is 3. The third kappa shape index (κ3) is 5.18. The van der Waals surface area contributed by atoms with Crippen molar-refractivity contribution in [1.29, 1.82) is 0 Å². The fourth-order valence-corrected chi connectivity index (χ4v) is 7.81. The average Bonchev–Trinajstić information content (AvgIpc) is 3.77. The molecule has 0 bridgehead atoms. The maximum absolute atomic E-state index is 6.30. The van der Waals surface area contributed by atoms with Gasteiger partial charge in [0.15, 0.2) is 0 Å². The molecule has 1 aromatic heterocycles. The summed E-state index contributed by atoms with van der Waals surface area (Å²) in [6.45, 7) is 6.74. The lowest BCUT2D eigenvalue weighted by Crippen LogP contribution is -2.50. The number of furan rings is 1. The second-order valence-corrected chi connectivity index (χ2v) is 14.4. The lowest BCUT2D eigenvalue weighted by molar-refractivity contribution is 0.590. The van der Waals surface area contributed by atoms with Gasteiger partial charge in [0.25, 0.3) is 6.71 Å². The second-order valence-electron chi connectivity index (χ2n) is 14.4. The topological polar surface area (TPSA) is 40.4 Å². The van der Waals surface area contributed by atoms with Gasteiger partial charge < -0.3 is 20.0 Å². The number of benzene rings is 6. The van der Waals surface area contributed by atoms with Crippen molar-refractivity contribution in [1.82, 2.24) is 0 Å². The van der Waals surface area contributed by atoms with Crippen LogP contribution >= 0.6 is 0 Å². The van der Waals surface area contributed by atoms with Crippen LogP contribution in [0.2, 0.25) is 0 Å². The summed E-state index contributed by atoms with van der Waals surface area (Å²) in [4.78, 5) is 2.52. The van der Waals surface area contributed by atoms with E-state index in [4.69, 9.17) is 4.42 Å². The van der Waals surface area contributed by atoms with Gasteiger partial charge >= 0.3 is 0 Å². The molecule has 0 spiro atoms. The normalized spacial score (nSPS) is 13.7. The Balaban J connectivity index is 1.36. The Morgan fingerprint density at radius 3 is 2.10 bits per heavy atom. The van der Waals surface area contributed by atoms with Crippen LogP contribution in [-0.4, -0.2) is 6.71 Å². The number of rotatable bonds is 6. The van der Waals surface area contributed by atoms with Crippen molar-refractivity contribution >= 4 is 68.2 Å². The number of hydrogen-bond acceptors (Lipinski definition) is 4. The van der Waals surface area contributed by atoms with E-state index in [-0.39, 0.29) is 12.1 Å². The first-order chi connectivity index (χ1) is 24.4. The maximum Gasteiger partial charge on any atom is 0.254 e. The molecule has 0 unspecified atom stereocenters. The van der Waals surface area contributed by atoms with Gasteiger partial charge in [-0.15, -0.1) is 0 Å². The number of fused-ring (bicyclic) bond motifs is 4. The summed E-state index contributed by atoms with van der Waals surface area (Å²) in [5.41, 5.74) is 16.4. The molecule has 2 aliphatic rings. The van der Waals surface area contributed by atoms with Crippen LogP contribution in [0.5, 0.6) is 0 Å². The predicted molar refractivity (Wildman–Crippen MR) is 211 cm³/mol. The van der Waals surface area contributed by atoms with Crippen molar-refractivity contribution in [3.63, 3.8) is 0 Å². The average molecular weight is 648 g/mol. The fourth-order valence-electron chi connectivity index (χ4n) is 7.81. The number of nitrogens with zero attached hydrogens (tertiary/aromatic N) is 1. The third-order valence-electron chi connectivity index (χ3n) is 10.1. The van der Waals surface area contributed by atoms with Crippen molar-refractivity contribution in [3.05, 3.63) is 174 Å². The van der Waals surface area contributed by atoms with Gasteiger partial charge in [-0.2, -0.15) is 0 Å². The molecule has 242 valence electrons. The molecule has 0 fully saturated rings. The van der Waals surface area contributed by atoms with Crippen LogP contribution in [0.25, 0.3) is 16.4 Å². The monoisotopic (exact) mass is 647 g/mol. The van der Waals surface area contributed by atoms with Gasteiger partial charge in [-0.1, -0.05) is 112 Å². The third-order valence-corrected chi connectivity index (χ3v) is 10.1. The van der Waals surface area contributed by atoms with Gasteiger partial charge in [0.05, 0.1) is 6.26 Å². The van der Waals surface area contributed by atoms with Crippen LogP contribution in [0.3, 0.4) is 0 Å². The molecule has 0 amide bonds. The number of hydrogen-bond donors (Lipinski definition) is 2. The molecule has 1 aliphatic heterocycles. The minimum atomic E-state index is -0.0828. The Labute approximate surface area is 294 Å². The Bertz CT molecular complexity index is 2390. The molecule has 7 aromatic rings. The molecule has 0 radical (unpaired) electrons. The van der Waals surface area contributed by atoms with Gasteiger partial charge in [-0.3, -0.25) is 0 Å². The van der Waals surface area contributed by atoms with Crippen LogP contribution < -0.4 is 26.5 Å². The van der Waals surface area contributed by atoms with Gasteiger partial charge in [0.2, 0.25) is 0 Å². The summed E-state index contributed by atoms with van der Waals surface area (Å²) in [5.74, 6) is 0. The van der Waals surface area contributed by atoms with E-state index in [1.165, 1.54) is 38.8 Å². The van der Waals surface area contributed by atoms with Crippen LogP contribution in [0.4, 0.5) is 34.1 Å². The first kappa shape index (κ1) is 30.1. The molecule has 9 rings (SSSR count). The van der Waals surface area contributed by atoms with Crippen LogP contribution in [0.15, 0.2) is 162 Å². The van der Waals surface area contributed by atoms with Crippen LogP contribution in [-0.2, 0) is 11.8 Å². The minimum absolute atomic E-state index is 0.0543. The lowest BCUT2D eigenvalue weighted by atomic mass is 9.33. The molecular formula is C45H38BN3O. The summed E-state index contributed by atoms with van der Waals surface area (Å²) in [6.07, 6.45) is 2.66. The summed E-state index contributed by atoms with van der Waals surface area (Å²) in [7, 11) is 0. The van der Waals surface area contributed by atoms with Gasteiger partial charge in [0, 0.05) is 51.6 Å².